The van der Waals surface area contributed by atoms with E-state index in [2.05, 4.69) is 21.2 Å². The van der Waals surface area contributed by atoms with Gasteiger partial charge in [0.25, 0.3) is 0 Å². The van der Waals surface area contributed by atoms with Crippen LogP contribution < -0.4 is 15.0 Å². The minimum absolute atomic E-state index is 0.0543. The average molecular weight is 652 g/mol. The van der Waals surface area contributed by atoms with E-state index in [0.29, 0.717) is 28.8 Å². The van der Waals surface area contributed by atoms with Crippen molar-refractivity contribution in [1.29, 1.82) is 0 Å². The molecule has 0 aromatic heterocycles. The number of para-hydroxylation sites is 1. The van der Waals surface area contributed by atoms with Gasteiger partial charge < -0.3 is 15.2 Å². The first-order valence-corrected chi connectivity index (χ1v) is 15.1. The van der Waals surface area contributed by atoms with Crippen molar-refractivity contribution in [2.45, 2.75) is 18.8 Å². The number of nitrogens with one attached hydrogen (secondary N) is 1. The minimum Gasteiger partial charge on any atom is -0.504 e. The Kier molecular flexibility index (Phi) is 6.85. The third-order valence-electron chi connectivity index (χ3n) is 9.06. The number of nitrogens with zero attached hydrogens (tertiary/aromatic N) is 1. The third kappa shape index (κ3) is 4.42. The molecule has 0 unspecified atom stereocenters. The van der Waals surface area contributed by atoms with Gasteiger partial charge in [0.05, 0.1) is 29.1 Å². The van der Waals surface area contributed by atoms with Crippen LogP contribution in [0.25, 0.3) is 0 Å². The second-order valence-electron chi connectivity index (χ2n) is 11.4. The number of carbonyl (C=O) groups is 4. The highest BCUT2D eigenvalue weighted by molar-refractivity contribution is 9.12. The number of carbonyl (C=O) groups excluding carboxylic acids is 4. The molecule has 3 aliphatic carbocycles. The summed E-state index contributed by atoms with van der Waals surface area (Å²) in [7, 11) is 1.44. The lowest BCUT2D eigenvalue weighted by Crippen LogP contribution is -2.39. The molecule has 44 heavy (non-hydrogen) atoms. The lowest BCUT2D eigenvalue weighted by Gasteiger charge is -2.42. The molecule has 0 spiro atoms. The van der Waals surface area contributed by atoms with Gasteiger partial charge in [0.2, 0.25) is 11.8 Å². The number of phenols is 1. The molecule has 3 aromatic carbocycles. The predicted molar refractivity (Wildman–Crippen MR) is 168 cm³/mol. The Morgan fingerprint density at radius 3 is 2.36 bits per heavy atom. The number of amides is 2. The quantitative estimate of drug-likeness (QED) is 0.195. The molecule has 1 aliphatic heterocycles. The second-order valence-corrected chi connectivity index (χ2v) is 12.2. The zero-order valence-corrected chi connectivity index (χ0v) is 25.2. The van der Waals surface area contributed by atoms with Crippen molar-refractivity contribution in [3.05, 3.63) is 112 Å². The van der Waals surface area contributed by atoms with Crippen LogP contribution in [0.1, 0.15) is 24.3 Å². The van der Waals surface area contributed by atoms with Crippen molar-refractivity contribution in [3.63, 3.8) is 0 Å². The van der Waals surface area contributed by atoms with Crippen LogP contribution in [0.5, 0.6) is 11.5 Å². The Morgan fingerprint density at radius 1 is 0.909 bits per heavy atom. The molecule has 1 fully saturated rings. The number of rotatable bonds is 5. The maximum atomic E-state index is 14.2. The van der Waals surface area contributed by atoms with Crippen molar-refractivity contribution >= 4 is 56.4 Å². The molecule has 1 heterocycles. The summed E-state index contributed by atoms with van der Waals surface area (Å²) in [6.45, 7) is 0. The van der Waals surface area contributed by atoms with Gasteiger partial charge in [0.15, 0.2) is 23.1 Å². The fourth-order valence-corrected chi connectivity index (χ4v) is 7.54. The van der Waals surface area contributed by atoms with E-state index in [0.717, 1.165) is 16.9 Å². The fraction of sp³-hybridized carbons (Fsp3) is 0.200. The number of methoxy groups -OCH3 is 1. The Balaban J connectivity index is 1.26. The van der Waals surface area contributed by atoms with E-state index in [4.69, 9.17) is 4.74 Å². The van der Waals surface area contributed by atoms with Gasteiger partial charge in [-0.2, -0.15) is 0 Å². The summed E-state index contributed by atoms with van der Waals surface area (Å²) in [6, 6.07) is 21.7. The number of phenolic OH excluding ortho intramolecular Hbond substituents is 1. The topological polar surface area (TPSA) is 113 Å². The number of benzene rings is 3. The highest BCUT2D eigenvalue weighted by atomic mass is 79.9. The highest BCUT2D eigenvalue weighted by Crippen LogP contribution is 2.56. The van der Waals surface area contributed by atoms with Gasteiger partial charge in [0.1, 0.15) is 0 Å². The van der Waals surface area contributed by atoms with Crippen LogP contribution in [0, 0.1) is 17.8 Å². The standard InChI is InChI=1S/C35H27BrN2O6/c1-44-29-15-18(7-14-27(29)39)30-22-12-13-23-31(24(22)16-25-32(30)28(40)17-26(36)33(25)41)35(43)38(34(23)42)21-10-8-20(9-11-21)37-19-5-3-2-4-6-19/h2-12,14-15,17,23-24,30-31,37,39H,13,16H2,1H3/t23-,24+,30-,31-/m0/s1. The van der Waals surface area contributed by atoms with Crippen LogP contribution in [0.15, 0.2) is 106 Å². The second kappa shape index (κ2) is 10.7. The SMILES string of the molecule is COc1cc([C@H]2C3=CC[C@@H]4C(=O)N(c5ccc(Nc6ccccc6)cc5)C(=O)[C@@H]4[C@@H]3CC3=C2C(=O)C=C(Br)C3=O)ccc1O. The maximum Gasteiger partial charge on any atom is 0.238 e. The van der Waals surface area contributed by atoms with Crippen molar-refractivity contribution < 1.29 is 29.0 Å². The Labute approximate surface area is 261 Å². The number of hydrogen-bond acceptors (Lipinski definition) is 7. The van der Waals surface area contributed by atoms with E-state index in [-0.39, 0.29) is 45.8 Å². The molecule has 4 atom stereocenters. The van der Waals surface area contributed by atoms with E-state index in [1.165, 1.54) is 24.2 Å². The van der Waals surface area contributed by atoms with Crippen LogP contribution in [0.2, 0.25) is 0 Å². The molecule has 1 saturated heterocycles. The van der Waals surface area contributed by atoms with Gasteiger partial charge in [-0.1, -0.05) is 35.9 Å². The summed E-state index contributed by atoms with van der Waals surface area (Å²) in [5, 5.41) is 13.6. The van der Waals surface area contributed by atoms with E-state index in [1.54, 1.807) is 24.3 Å². The van der Waals surface area contributed by atoms with Gasteiger partial charge in [-0.05, 0) is 88.8 Å². The van der Waals surface area contributed by atoms with Crippen molar-refractivity contribution in [3.8, 4) is 11.5 Å². The molecule has 8 nitrogen and oxygen atoms in total. The molecular formula is C35H27BrN2O6. The van der Waals surface area contributed by atoms with Crippen LogP contribution in [0.3, 0.4) is 0 Å². The summed E-state index contributed by atoms with van der Waals surface area (Å²) < 4.78 is 5.52. The molecule has 0 radical (unpaired) electrons. The molecule has 9 heteroatoms. The lowest BCUT2D eigenvalue weighted by atomic mass is 9.59. The number of ether oxygens (including phenoxy) is 1. The van der Waals surface area contributed by atoms with Gasteiger partial charge in [0, 0.05) is 34.5 Å². The highest BCUT2D eigenvalue weighted by Gasteiger charge is 2.56. The Bertz CT molecular complexity index is 1840. The molecule has 0 bridgehead atoms. The lowest BCUT2D eigenvalue weighted by molar-refractivity contribution is -0.123. The van der Waals surface area contributed by atoms with E-state index >= 15 is 0 Å². The summed E-state index contributed by atoms with van der Waals surface area (Å²) in [5.74, 6) is -3.35. The predicted octanol–water partition coefficient (Wildman–Crippen LogP) is 6.11. The maximum absolute atomic E-state index is 14.2. The molecule has 2 amide bonds. The largest absolute Gasteiger partial charge is 0.504 e. The molecule has 220 valence electrons. The number of halogens is 1. The van der Waals surface area contributed by atoms with Gasteiger partial charge in [-0.15, -0.1) is 0 Å². The summed E-state index contributed by atoms with van der Waals surface area (Å²) >= 11 is 3.25. The number of ketones is 2. The molecule has 2 N–H and O–H groups in total. The number of fused-ring (bicyclic) bond motifs is 3. The van der Waals surface area contributed by atoms with E-state index in [9.17, 15) is 24.3 Å². The summed E-state index contributed by atoms with van der Waals surface area (Å²) in [5.41, 5.74) is 4.42. The Morgan fingerprint density at radius 2 is 1.64 bits per heavy atom. The van der Waals surface area contributed by atoms with Gasteiger partial charge in [-0.25, -0.2) is 0 Å². The Hall–Kier alpha value is -4.76. The van der Waals surface area contributed by atoms with Gasteiger partial charge in [-0.3, -0.25) is 24.1 Å². The average Bonchev–Trinajstić information content (AvgIpc) is 3.29. The minimum atomic E-state index is -0.687. The van der Waals surface area contributed by atoms with Crippen molar-refractivity contribution in [2.24, 2.45) is 17.8 Å². The number of Topliss-reactive ketones (excluding diaryl/α,β-unsaturated/α-hetero) is 1. The normalized spacial score (nSPS) is 24.4. The fourth-order valence-electron chi connectivity index (χ4n) is 7.10. The van der Waals surface area contributed by atoms with Crippen LogP contribution >= 0.6 is 15.9 Å². The molecule has 4 aliphatic rings. The van der Waals surface area contributed by atoms with Crippen LogP contribution in [-0.4, -0.2) is 35.6 Å². The first-order chi connectivity index (χ1) is 21.3. The number of imide groups is 1. The first-order valence-electron chi connectivity index (χ1n) is 14.3. The molecule has 3 aromatic rings. The molecule has 7 rings (SSSR count). The summed E-state index contributed by atoms with van der Waals surface area (Å²) in [6.07, 6.45) is 3.77. The smallest absolute Gasteiger partial charge is 0.238 e. The van der Waals surface area contributed by atoms with E-state index < -0.39 is 23.7 Å². The monoisotopic (exact) mass is 650 g/mol. The number of allylic oxidation sites excluding steroid dienone is 6. The van der Waals surface area contributed by atoms with Crippen molar-refractivity contribution in [1.82, 2.24) is 0 Å². The van der Waals surface area contributed by atoms with Crippen molar-refractivity contribution in [2.75, 3.05) is 17.3 Å². The molecule has 0 saturated carbocycles. The van der Waals surface area contributed by atoms with E-state index in [1.807, 2.05) is 48.5 Å². The van der Waals surface area contributed by atoms with Crippen LogP contribution in [0.4, 0.5) is 17.1 Å². The van der Waals surface area contributed by atoms with Crippen LogP contribution in [-0.2, 0) is 19.2 Å². The zero-order valence-electron chi connectivity index (χ0n) is 23.6. The summed E-state index contributed by atoms with van der Waals surface area (Å²) in [4.78, 5) is 56.1. The number of aromatic hydroxyl groups is 1. The number of anilines is 3. The molecular weight excluding hydrogens is 624 g/mol. The number of hydrogen-bond donors (Lipinski definition) is 2. The zero-order chi connectivity index (χ0) is 30.7. The van der Waals surface area contributed by atoms with Gasteiger partial charge >= 0.3 is 0 Å². The third-order valence-corrected chi connectivity index (χ3v) is 9.65. The first kappa shape index (κ1) is 28.0.